The van der Waals surface area contributed by atoms with Crippen molar-refractivity contribution in [3.05, 3.63) is 11.7 Å². The summed E-state index contributed by atoms with van der Waals surface area (Å²) in [4.78, 5) is 4.17. The highest BCUT2D eigenvalue weighted by Gasteiger charge is 2.29. The molecule has 0 saturated heterocycles. The lowest BCUT2D eigenvalue weighted by atomic mass is 9.85. The Balaban J connectivity index is 2.09. The molecule has 0 bridgehead atoms. The van der Waals surface area contributed by atoms with Crippen molar-refractivity contribution in [3.63, 3.8) is 0 Å². The molecule has 1 aliphatic rings. The molecule has 0 spiro atoms. The second kappa shape index (κ2) is 6.12. The van der Waals surface area contributed by atoms with Crippen molar-refractivity contribution in [1.29, 1.82) is 0 Å². The fourth-order valence-corrected chi connectivity index (χ4v) is 2.49. The molecule has 1 N–H and O–H groups in total. The summed E-state index contributed by atoms with van der Waals surface area (Å²) < 4.78 is 10.7. The number of aliphatic hydroxyl groups excluding tert-OH is 1. The molecule has 17 heavy (non-hydrogen) atoms. The average Bonchev–Trinajstić information content (AvgIpc) is 2.85. The minimum atomic E-state index is -0.212. The molecule has 0 aliphatic heterocycles. The van der Waals surface area contributed by atoms with Crippen molar-refractivity contribution < 1.29 is 14.4 Å². The first-order valence-corrected chi connectivity index (χ1v) is 6.40. The summed E-state index contributed by atoms with van der Waals surface area (Å²) in [6, 6.07) is 0. The van der Waals surface area contributed by atoms with E-state index in [1.165, 1.54) is 19.3 Å². The van der Waals surface area contributed by atoms with Gasteiger partial charge >= 0.3 is 0 Å². The van der Waals surface area contributed by atoms with E-state index in [9.17, 15) is 0 Å². The summed E-state index contributed by atoms with van der Waals surface area (Å²) in [7, 11) is 0. The summed E-state index contributed by atoms with van der Waals surface area (Å²) in [6.07, 6.45) is 6.05. The van der Waals surface area contributed by atoms with Crippen molar-refractivity contribution in [1.82, 2.24) is 10.1 Å². The third-order valence-corrected chi connectivity index (χ3v) is 3.30. The Hall–Kier alpha value is -0.940. The number of aromatic nitrogens is 2. The molecule has 1 heterocycles. The van der Waals surface area contributed by atoms with Crippen LogP contribution in [0.1, 0.15) is 56.8 Å². The molecule has 5 nitrogen and oxygen atoms in total. The van der Waals surface area contributed by atoms with Gasteiger partial charge in [-0.1, -0.05) is 24.4 Å². The number of nitrogens with zero attached hydrogens (tertiary/aromatic N) is 2. The van der Waals surface area contributed by atoms with Gasteiger partial charge in [-0.3, -0.25) is 0 Å². The molecule has 0 radical (unpaired) electrons. The van der Waals surface area contributed by atoms with Gasteiger partial charge in [0.1, 0.15) is 12.7 Å². The van der Waals surface area contributed by atoms with Crippen LogP contribution >= 0.6 is 0 Å². The normalized spacial score (nSPS) is 19.4. The molecular formula is C12H20N2O3. The first-order valence-electron chi connectivity index (χ1n) is 6.40. The zero-order valence-corrected chi connectivity index (χ0v) is 10.3. The second-order valence-electron chi connectivity index (χ2n) is 4.48. The lowest BCUT2D eigenvalue weighted by Crippen LogP contribution is -2.20. The van der Waals surface area contributed by atoms with E-state index in [0.717, 1.165) is 12.8 Å². The Bertz CT molecular complexity index is 334. The van der Waals surface area contributed by atoms with Gasteiger partial charge in [0.25, 0.3) is 5.89 Å². The van der Waals surface area contributed by atoms with Gasteiger partial charge in [0.15, 0.2) is 0 Å². The molecule has 1 aromatic heterocycles. The maximum Gasteiger partial charge on any atom is 0.252 e. The van der Waals surface area contributed by atoms with Crippen LogP contribution < -0.4 is 0 Å². The topological polar surface area (TPSA) is 68.4 Å². The SMILES string of the molecule is CCOC(c1noc(CO)n1)C1CCCCC1. The number of hydrogen-bond donors (Lipinski definition) is 1. The number of hydrogen-bond acceptors (Lipinski definition) is 5. The van der Waals surface area contributed by atoms with Crippen LogP contribution in [-0.2, 0) is 11.3 Å². The Morgan fingerprint density at radius 3 is 2.76 bits per heavy atom. The maximum atomic E-state index is 8.94. The smallest absolute Gasteiger partial charge is 0.252 e. The fourth-order valence-electron chi connectivity index (χ4n) is 2.49. The van der Waals surface area contributed by atoms with E-state index in [0.29, 0.717) is 18.3 Å². The predicted molar refractivity (Wildman–Crippen MR) is 61.2 cm³/mol. The fraction of sp³-hybridized carbons (Fsp3) is 0.833. The van der Waals surface area contributed by atoms with Gasteiger partial charge in [0.2, 0.25) is 5.82 Å². The highest BCUT2D eigenvalue weighted by molar-refractivity contribution is 4.94. The molecule has 96 valence electrons. The molecule has 1 fully saturated rings. The first-order chi connectivity index (χ1) is 8.35. The van der Waals surface area contributed by atoms with Crippen LogP contribution in [0.3, 0.4) is 0 Å². The molecule has 1 saturated carbocycles. The molecule has 0 amide bonds. The number of ether oxygens (including phenoxy) is 1. The molecule has 2 rings (SSSR count). The zero-order valence-electron chi connectivity index (χ0n) is 10.3. The zero-order chi connectivity index (χ0) is 12.1. The van der Waals surface area contributed by atoms with Crippen molar-refractivity contribution in [2.24, 2.45) is 5.92 Å². The van der Waals surface area contributed by atoms with E-state index in [1.807, 2.05) is 6.92 Å². The largest absolute Gasteiger partial charge is 0.387 e. The summed E-state index contributed by atoms with van der Waals surface area (Å²) in [5, 5.41) is 12.8. The maximum absolute atomic E-state index is 8.94. The molecule has 1 unspecified atom stereocenters. The van der Waals surface area contributed by atoms with E-state index in [-0.39, 0.29) is 18.6 Å². The van der Waals surface area contributed by atoms with Crippen molar-refractivity contribution in [2.45, 2.75) is 51.7 Å². The highest BCUT2D eigenvalue weighted by Crippen LogP contribution is 2.35. The number of rotatable bonds is 5. The quantitative estimate of drug-likeness (QED) is 0.854. The lowest BCUT2D eigenvalue weighted by molar-refractivity contribution is -0.00145. The standard InChI is InChI=1S/C12H20N2O3/c1-2-16-11(9-6-4-3-5-7-9)12-13-10(8-15)17-14-12/h9,11,15H,2-8H2,1H3. The van der Waals surface area contributed by atoms with Gasteiger partial charge in [0.05, 0.1) is 0 Å². The highest BCUT2D eigenvalue weighted by atomic mass is 16.5. The second-order valence-corrected chi connectivity index (χ2v) is 4.48. The van der Waals surface area contributed by atoms with E-state index >= 15 is 0 Å². The van der Waals surface area contributed by atoms with E-state index in [2.05, 4.69) is 10.1 Å². The molecule has 1 aromatic rings. The van der Waals surface area contributed by atoms with Gasteiger partial charge in [-0.2, -0.15) is 4.98 Å². The van der Waals surface area contributed by atoms with Gasteiger partial charge in [0, 0.05) is 6.61 Å². The van der Waals surface area contributed by atoms with Crippen molar-refractivity contribution in [3.8, 4) is 0 Å². The molecular weight excluding hydrogens is 220 g/mol. The molecule has 5 heteroatoms. The van der Waals surface area contributed by atoms with Crippen LogP contribution in [0.4, 0.5) is 0 Å². The Labute approximate surface area is 101 Å². The Morgan fingerprint density at radius 2 is 2.18 bits per heavy atom. The van der Waals surface area contributed by atoms with Gasteiger partial charge < -0.3 is 14.4 Å². The van der Waals surface area contributed by atoms with Gasteiger partial charge in [-0.15, -0.1) is 0 Å². The van der Waals surface area contributed by atoms with E-state index in [4.69, 9.17) is 14.4 Å². The minimum Gasteiger partial charge on any atom is -0.387 e. The molecule has 1 atom stereocenters. The third kappa shape index (κ3) is 3.04. The van der Waals surface area contributed by atoms with Crippen LogP contribution in [-0.4, -0.2) is 21.9 Å². The van der Waals surface area contributed by atoms with Crippen LogP contribution in [0.2, 0.25) is 0 Å². The summed E-state index contributed by atoms with van der Waals surface area (Å²) >= 11 is 0. The van der Waals surface area contributed by atoms with E-state index < -0.39 is 0 Å². The van der Waals surface area contributed by atoms with Gasteiger partial charge in [-0.05, 0) is 25.7 Å². The van der Waals surface area contributed by atoms with E-state index in [1.54, 1.807) is 0 Å². The van der Waals surface area contributed by atoms with Crippen LogP contribution in [0.25, 0.3) is 0 Å². The van der Waals surface area contributed by atoms with Crippen LogP contribution in [0, 0.1) is 5.92 Å². The van der Waals surface area contributed by atoms with Crippen LogP contribution in [0.5, 0.6) is 0 Å². The van der Waals surface area contributed by atoms with Crippen molar-refractivity contribution in [2.75, 3.05) is 6.61 Å². The number of aliphatic hydroxyl groups is 1. The third-order valence-electron chi connectivity index (χ3n) is 3.30. The summed E-state index contributed by atoms with van der Waals surface area (Å²) in [6.45, 7) is 2.41. The Kier molecular flexibility index (Phi) is 4.50. The van der Waals surface area contributed by atoms with Crippen molar-refractivity contribution >= 4 is 0 Å². The van der Waals surface area contributed by atoms with Crippen LogP contribution in [0.15, 0.2) is 4.52 Å². The summed E-state index contributed by atoms with van der Waals surface area (Å²) in [5.74, 6) is 1.33. The lowest BCUT2D eigenvalue weighted by Gasteiger charge is -2.27. The monoisotopic (exact) mass is 240 g/mol. The van der Waals surface area contributed by atoms with Gasteiger partial charge in [-0.25, -0.2) is 0 Å². The average molecular weight is 240 g/mol. The Morgan fingerprint density at radius 1 is 1.41 bits per heavy atom. The molecule has 1 aliphatic carbocycles. The predicted octanol–water partition coefficient (Wildman–Crippen LogP) is 2.22. The summed E-state index contributed by atoms with van der Waals surface area (Å²) in [5.41, 5.74) is 0. The first kappa shape index (κ1) is 12.5. The minimum absolute atomic E-state index is 0.0793. The molecule has 0 aromatic carbocycles.